The van der Waals surface area contributed by atoms with Crippen molar-refractivity contribution in [3.8, 4) is 0 Å². The van der Waals surface area contributed by atoms with E-state index in [1.54, 1.807) is 40.7 Å². The Balaban J connectivity index is 2.34. The molecular weight excluding hydrogens is 264 g/mol. The molecule has 2 aromatic rings. The zero-order chi connectivity index (χ0) is 14.0. The van der Waals surface area contributed by atoms with E-state index in [1.165, 1.54) is 0 Å². The van der Waals surface area contributed by atoms with E-state index < -0.39 is 0 Å². The predicted molar refractivity (Wildman–Crippen MR) is 77.0 cm³/mol. The van der Waals surface area contributed by atoms with Crippen molar-refractivity contribution in [3.63, 3.8) is 0 Å². The van der Waals surface area contributed by atoms with Crippen molar-refractivity contribution in [2.24, 2.45) is 0 Å². The predicted octanol–water partition coefficient (Wildman–Crippen LogP) is 2.37. The van der Waals surface area contributed by atoms with Gasteiger partial charge in [-0.1, -0.05) is 11.6 Å². The van der Waals surface area contributed by atoms with Gasteiger partial charge < -0.3 is 5.32 Å². The Morgan fingerprint density at radius 2 is 2.11 bits per heavy atom. The van der Waals surface area contributed by atoms with E-state index in [2.05, 4.69) is 10.3 Å². The number of halogens is 1. The zero-order valence-corrected chi connectivity index (χ0v) is 12.0. The fourth-order valence-electron chi connectivity index (χ4n) is 1.84. The number of hydrogen-bond donors (Lipinski definition) is 1. The minimum absolute atomic E-state index is 0.0530. The lowest BCUT2D eigenvalue weighted by atomic mass is 10.3. The van der Waals surface area contributed by atoms with E-state index in [-0.39, 0.29) is 11.7 Å². The Hall–Kier alpha value is -1.75. The molecule has 2 heterocycles. The van der Waals surface area contributed by atoms with Gasteiger partial charge in [0, 0.05) is 25.5 Å². The van der Waals surface area contributed by atoms with Gasteiger partial charge in [0.15, 0.2) is 0 Å². The van der Waals surface area contributed by atoms with Crippen molar-refractivity contribution < 1.29 is 0 Å². The Morgan fingerprint density at radius 3 is 2.68 bits per heavy atom. The number of anilines is 1. The molecule has 5 nitrogen and oxygen atoms in total. The molecule has 0 unspecified atom stereocenters. The lowest BCUT2D eigenvalue weighted by Crippen LogP contribution is -2.25. The summed E-state index contributed by atoms with van der Waals surface area (Å²) in [5, 5.41) is 3.51. The molecule has 0 radical (unpaired) electrons. The summed E-state index contributed by atoms with van der Waals surface area (Å²) in [5.74, 6) is 0.732. The third-order valence-electron chi connectivity index (χ3n) is 2.93. The van der Waals surface area contributed by atoms with Crippen LogP contribution in [0.1, 0.15) is 25.6 Å². The molecule has 2 rings (SSSR count). The third kappa shape index (κ3) is 2.81. The van der Waals surface area contributed by atoms with Crippen molar-refractivity contribution in [3.05, 3.63) is 45.7 Å². The summed E-state index contributed by atoms with van der Waals surface area (Å²) in [6.45, 7) is 4.31. The third-order valence-corrected chi connectivity index (χ3v) is 3.27. The average Bonchev–Trinajstić information content (AvgIpc) is 2.74. The van der Waals surface area contributed by atoms with Crippen LogP contribution in [0.15, 0.2) is 29.3 Å². The lowest BCUT2D eigenvalue weighted by molar-refractivity contribution is 0.560. The molecule has 0 saturated carbocycles. The molecule has 0 aliphatic carbocycles. The van der Waals surface area contributed by atoms with E-state index in [0.29, 0.717) is 17.3 Å². The Labute approximate surface area is 116 Å². The van der Waals surface area contributed by atoms with Crippen LogP contribution in [-0.2, 0) is 6.54 Å². The normalized spacial score (nSPS) is 11.0. The molecule has 0 fully saturated rings. The number of pyridine rings is 1. The molecule has 0 atom stereocenters. The van der Waals surface area contributed by atoms with Crippen LogP contribution in [0.4, 0.5) is 5.82 Å². The topological polar surface area (TPSA) is 51.9 Å². The molecule has 0 spiro atoms. The Bertz CT molecular complexity index is 630. The zero-order valence-electron chi connectivity index (χ0n) is 11.2. The molecule has 0 aliphatic heterocycles. The van der Waals surface area contributed by atoms with Gasteiger partial charge in [0.1, 0.15) is 5.82 Å². The molecule has 19 heavy (non-hydrogen) atoms. The van der Waals surface area contributed by atoms with Gasteiger partial charge in [-0.3, -0.25) is 9.13 Å². The highest BCUT2D eigenvalue weighted by Gasteiger charge is 2.09. The van der Waals surface area contributed by atoms with Gasteiger partial charge in [-0.15, -0.1) is 0 Å². The molecule has 0 saturated heterocycles. The van der Waals surface area contributed by atoms with Crippen LogP contribution >= 0.6 is 11.6 Å². The number of aromatic nitrogens is 3. The van der Waals surface area contributed by atoms with E-state index in [9.17, 15) is 4.79 Å². The molecule has 2 aromatic heterocycles. The summed E-state index contributed by atoms with van der Waals surface area (Å²) >= 11 is 6.11. The van der Waals surface area contributed by atoms with Gasteiger partial charge in [-0.05, 0) is 26.0 Å². The minimum atomic E-state index is -0.0530. The maximum Gasteiger partial charge on any atom is 0.328 e. The van der Waals surface area contributed by atoms with Crippen molar-refractivity contribution in [1.29, 1.82) is 0 Å². The molecule has 0 amide bonds. The lowest BCUT2D eigenvalue weighted by Gasteiger charge is -2.07. The van der Waals surface area contributed by atoms with Crippen LogP contribution in [0.5, 0.6) is 0 Å². The number of hydrogen-bond acceptors (Lipinski definition) is 3. The number of nitrogens with one attached hydrogen (secondary N) is 1. The Morgan fingerprint density at radius 1 is 1.37 bits per heavy atom. The molecule has 0 aliphatic rings. The van der Waals surface area contributed by atoms with Gasteiger partial charge in [-0.2, -0.15) is 0 Å². The quantitative estimate of drug-likeness (QED) is 0.935. The van der Waals surface area contributed by atoms with Gasteiger partial charge in [0.05, 0.1) is 17.3 Å². The minimum Gasteiger partial charge on any atom is -0.373 e. The van der Waals surface area contributed by atoms with Crippen LogP contribution in [-0.4, -0.2) is 21.2 Å². The van der Waals surface area contributed by atoms with Crippen molar-refractivity contribution >= 4 is 17.4 Å². The highest BCUT2D eigenvalue weighted by Crippen LogP contribution is 2.17. The SMILES string of the molecule is CNc1ccc(Cl)c(Cn2ccn(C(C)C)c2=O)n1. The van der Waals surface area contributed by atoms with Crippen molar-refractivity contribution in [1.82, 2.24) is 14.1 Å². The maximum absolute atomic E-state index is 12.1. The molecule has 1 N–H and O–H groups in total. The summed E-state index contributed by atoms with van der Waals surface area (Å²) in [6, 6.07) is 3.72. The van der Waals surface area contributed by atoms with Crippen molar-refractivity contribution in [2.75, 3.05) is 12.4 Å². The van der Waals surface area contributed by atoms with Gasteiger partial charge >= 0.3 is 5.69 Å². The highest BCUT2D eigenvalue weighted by atomic mass is 35.5. The second kappa shape index (κ2) is 5.48. The fourth-order valence-corrected chi connectivity index (χ4v) is 2.00. The second-order valence-corrected chi connectivity index (χ2v) is 4.99. The van der Waals surface area contributed by atoms with Crippen LogP contribution < -0.4 is 11.0 Å². The van der Waals surface area contributed by atoms with Crippen LogP contribution in [0.25, 0.3) is 0 Å². The summed E-state index contributed by atoms with van der Waals surface area (Å²) in [5.41, 5.74) is 0.625. The number of imidazole rings is 1. The molecule has 0 bridgehead atoms. The Kier molecular flexibility index (Phi) is 3.95. The molecular formula is C13H17ClN4O. The molecule has 0 aromatic carbocycles. The van der Waals surface area contributed by atoms with E-state index in [4.69, 9.17) is 11.6 Å². The first-order valence-corrected chi connectivity index (χ1v) is 6.51. The summed E-state index contributed by atoms with van der Waals surface area (Å²) in [6.07, 6.45) is 3.54. The van der Waals surface area contributed by atoms with E-state index in [0.717, 1.165) is 5.82 Å². The highest BCUT2D eigenvalue weighted by molar-refractivity contribution is 6.31. The molecule has 6 heteroatoms. The first kappa shape index (κ1) is 13.7. The average molecular weight is 281 g/mol. The fraction of sp³-hybridized carbons (Fsp3) is 0.385. The number of nitrogens with zero attached hydrogens (tertiary/aromatic N) is 3. The van der Waals surface area contributed by atoms with Gasteiger partial charge in [0.25, 0.3) is 0 Å². The van der Waals surface area contributed by atoms with Crippen LogP contribution in [0, 0.1) is 0 Å². The van der Waals surface area contributed by atoms with Crippen LogP contribution in [0.2, 0.25) is 5.02 Å². The molecule has 102 valence electrons. The van der Waals surface area contributed by atoms with Gasteiger partial charge in [-0.25, -0.2) is 9.78 Å². The van der Waals surface area contributed by atoms with E-state index in [1.807, 2.05) is 13.8 Å². The monoisotopic (exact) mass is 280 g/mol. The van der Waals surface area contributed by atoms with Gasteiger partial charge in [0.2, 0.25) is 0 Å². The second-order valence-electron chi connectivity index (χ2n) is 4.58. The summed E-state index contributed by atoms with van der Waals surface area (Å²) in [4.78, 5) is 16.5. The summed E-state index contributed by atoms with van der Waals surface area (Å²) < 4.78 is 3.28. The van der Waals surface area contributed by atoms with E-state index >= 15 is 0 Å². The first-order chi connectivity index (χ1) is 9.02. The van der Waals surface area contributed by atoms with Crippen molar-refractivity contribution in [2.45, 2.75) is 26.4 Å². The standard InChI is InChI=1S/C13H17ClN4O/c1-9(2)18-7-6-17(13(18)19)8-11-10(14)4-5-12(15-3)16-11/h4-7,9H,8H2,1-3H3,(H,15,16). The first-order valence-electron chi connectivity index (χ1n) is 6.13. The smallest absolute Gasteiger partial charge is 0.328 e. The number of rotatable bonds is 4. The largest absolute Gasteiger partial charge is 0.373 e. The maximum atomic E-state index is 12.1. The van der Waals surface area contributed by atoms with Crippen LogP contribution in [0.3, 0.4) is 0 Å². The summed E-state index contributed by atoms with van der Waals surface area (Å²) in [7, 11) is 1.79.